The Labute approximate surface area is 95.4 Å². The molecule has 0 fully saturated rings. The van der Waals surface area contributed by atoms with E-state index in [0.717, 1.165) is 11.1 Å². The van der Waals surface area contributed by atoms with Gasteiger partial charge >= 0.3 is 0 Å². The van der Waals surface area contributed by atoms with E-state index < -0.39 is 0 Å². The molecule has 0 saturated heterocycles. The Morgan fingerprint density at radius 1 is 1.47 bits per heavy atom. The summed E-state index contributed by atoms with van der Waals surface area (Å²) in [6.45, 7) is 2.49. The van der Waals surface area contributed by atoms with E-state index in [9.17, 15) is 4.39 Å². The second-order valence-electron chi connectivity index (χ2n) is 3.59. The molecule has 1 heterocycles. The monoisotopic (exact) mass is 271 g/mol. The molecule has 2 rings (SSSR count). The maximum atomic E-state index is 13.2. The van der Waals surface area contributed by atoms with Crippen LogP contribution in [0.2, 0.25) is 0 Å². The highest BCUT2D eigenvalue weighted by Gasteiger charge is 2.11. The highest BCUT2D eigenvalue weighted by molar-refractivity contribution is 9.10. The molecule has 0 aliphatic heterocycles. The molecular formula is C11H11BrFNO. The van der Waals surface area contributed by atoms with Gasteiger partial charge in [-0.05, 0) is 28.1 Å². The fraction of sp³-hybridized carbons (Fsp3) is 0.273. The van der Waals surface area contributed by atoms with Crippen LogP contribution >= 0.6 is 15.9 Å². The van der Waals surface area contributed by atoms with Crippen LogP contribution in [-0.2, 0) is 0 Å². The van der Waals surface area contributed by atoms with Gasteiger partial charge in [-0.2, -0.15) is 0 Å². The summed E-state index contributed by atoms with van der Waals surface area (Å²) in [7, 11) is 0. The molecule has 0 aliphatic rings. The van der Waals surface area contributed by atoms with Crippen molar-refractivity contribution < 1.29 is 8.81 Å². The Morgan fingerprint density at radius 2 is 2.20 bits per heavy atom. The topological polar surface area (TPSA) is 39.2 Å². The first kappa shape index (κ1) is 10.6. The van der Waals surface area contributed by atoms with Crippen molar-refractivity contribution in [1.82, 2.24) is 0 Å². The highest BCUT2D eigenvalue weighted by atomic mass is 79.9. The molecule has 0 bridgehead atoms. The van der Waals surface area contributed by atoms with Gasteiger partial charge in [-0.3, -0.25) is 0 Å². The normalized spacial score (nSPS) is 13.3. The lowest BCUT2D eigenvalue weighted by Crippen LogP contribution is -2.07. The Bertz CT molecular complexity index is 456. The molecule has 1 atom stereocenters. The van der Waals surface area contributed by atoms with Gasteiger partial charge in [0.1, 0.15) is 17.2 Å². The Balaban J connectivity index is 2.56. The van der Waals surface area contributed by atoms with Crippen molar-refractivity contribution in [3.05, 3.63) is 34.2 Å². The second-order valence-corrected chi connectivity index (χ2v) is 4.44. The van der Waals surface area contributed by atoms with E-state index in [4.69, 9.17) is 10.2 Å². The van der Waals surface area contributed by atoms with E-state index in [1.807, 2.05) is 13.0 Å². The number of furan rings is 1. The second kappa shape index (κ2) is 3.94. The van der Waals surface area contributed by atoms with Crippen LogP contribution in [0.15, 0.2) is 27.1 Å². The van der Waals surface area contributed by atoms with Crippen molar-refractivity contribution in [3.63, 3.8) is 0 Å². The number of hydrogen-bond donors (Lipinski definition) is 1. The molecule has 0 radical (unpaired) electrons. The van der Waals surface area contributed by atoms with Gasteiger partial charge in [-0.15, -0.1) is 0 Å². The molecule has 0 spiro atoms. The summed E-state index contributed by atoms with van der Waals surface area (Å²) in [5.41, 5.74) is 6.10. The van der Waals surface area contributed by atoms with Crippen LogP contribution in [0.25, 0.3) is 11.0 Å². The predicted molar refractivity (Wildman–Crippen MR) is 61.3 cm³/mol. The highest BCUT2D eigenvalue weighted by Crippen LogP contribution is 2.28. The largest absolute Gasteiger partial charge is 0.461 e. The fourth-order valence-corrected chi connectivity index (χ4v) is 1.77. The van der Waals surface area contributed by atoms with Crippen molar-refractivity contribution in [2.45, 2.75) is 12.8 Å². The molecule has 0 amide bonds. The molecule has 1 aromatic carbocycles. The maximum Gasteiger partial charge on any atom is 0.141 e. The lowest BCUT2D eigenvalue weighted by molar-refractivity contribution is 0.507. The van der Waals surface area contributed by atoms with Gasteiger partial charge in [-0.25, -0.2) is 4.39 Å². The van der Waals surface area contributed by atoms with Crippen molar-refractivity contribution in [3.8, 4) is 0 Å². The summed E-state index contributed by atoms with van der Waals surface area (Å²) in [5.74, 6) is 0.632. The van der Waals surface area contributed by atoms with E-state index in [2.05, 4.69) is 15.9 Å². The fourth-order valence-electron chi connectivity index (χ4n) is 1.41. The standard InChI is InChI=1S/C11H11BrFNO/c1-6(5-14)10-3-7-2-8(12)9(13)4-11(7)15-10/h2-4,6H,5,14H2,1H3. The number of halogens is 2. The third-order valence-corrected chi connectivity index (χ3v) is 3.03. The van der Waals surface area contributed by atoms with Gasteiger partial charge in [0.15, 0.2) is 0 Å². The molecule has 4 heteroatoms. The summed E-state index contributed by atoms with van der Waals surface area (Å²) in [6.07, 6.45) is 0. The van der Waals surface area contributed by atoms with Crippen LogP contribution in [0.3, 0.4) is 0 Å². The van der Waals surface area contributed by atoms with E-state index in [1.165, 1.54) is 6.07 Å². The van der Waals surface area contributed by atoms with E-state index in [1.54, 1.807) is 6.07 Å². The molecular weight excluding hydrogens is 261 g/mol. The predicted octanol–water partition coefficient (Wildman–Crippen LogP) is 3.40. The van der Waals surface area contributed by atoms with E-state index in [-0.39, 0.29) is 11.7 Å². The van der Waals surface area contributed by atoms with Gasteiger partial charge in [0.25, 0.3) is 0 Å². The Kier molecular flexibility index (Phi) is 2.80. The van der Waals surface area contributed by atoms with Crippen LogP contribution in [0.4, 0.5) is 4.39 Å². The summed E-state index contributed by atoms with van der Waals surface area (Å²) in [5, 5.41) is 0.888. The summed E-state index contributed by atoms with van der Waals surface area (Å²) >= 11 is 3.14. The molecule has 15 heavy (non-hydrogen) atoms. The van der Waals surface area contributed by atoms with E-state index >= 15 is 0 Å². The lowest BCUT2D eigenvalue weighted by atomic mass is 10.1. The van der Waals surface area contributed by atoms with Gasteiger partial charge < -0.3 is 10.2 Å². The van der Waals surface area contributed by atoms with Gasteiger partial charge in [0.05, 0.1) is 4.47 Å². The number of rotatable bonds is 2. The maximum absolute atomic E-state index is 13.2. The third kappa shape index (κ3) is 1.92. The number of fused-ring (bicyclic) bond motifs is 1. The minimum absolute atomic E-state index is 0.152. The number of nitrogens with two attached hydrogens (primary N) is 1. The summed E-state index contributed by atoms with van der Waals surface area (Å²) in [4.78, 5) is 0. The minimum Gasteiger partial charge on any atom is -0.461 e. The number of hydrogen-bond acceptors (Lipinski definition) is 2. The first-order chi connectivity index (χ1) is 7.11. The Hall–Kier alpha value is -0.870. The zero-order valence-electron chi connectivity index (χ0n) is 8.26. The first-order valence-corrected chi connectivity index (χ1v) is 5.49. The van der Waals surface area contributed by atoms with Crippen LogP contribution < -0.4 is 5.73 Å². The molecule has 0 saturated carbocycles. The number of benzene rings is 1. The van der Waals surface area contributed by atoms with Crippen LogP contribution in [0.1, 0.15) is 18.6 Å². The molecule has 2 nitrogen and oxygen atoms in total. The average Bonchev–Trinajstić information content (AvgIpc) is 2.60. The van der Waals surface area contributed by atoms with Gasteiger partial charge in [-0.1, -0.05) is 6.92 Å². The zero-order chi connectivity index (χ0) is 11.0. The van der Waals surface area contributed by atoms with Crippen molar-refractivity contribution in [2.24, 2.45) is 5.73 Å². The molecule has 80 valence electrons. The molecule has 1 aromatic heterocycles. The van der Waals surface area contributed by atoms with Crippen molar-refractivity contribution in [2.75, 3.05) is 6.54 Å². The lowest BCUT2D eigenvalue weighted by Gasteiger charge is -2.01. The summed E-state index contributed by atoms with van der Waals surface area (Å²) < 4.78 is 19.2. The van der Waals surface area contributed by atoms with Crippen LogP contribution in [0.5, 0.6) is 0 Å². The van der Waals surface area contributed by atoms with Crippen LogP contribution in [0, 0.1) is 5.82 Å². The minimum atomic E-state index is -0.316. The SMILES string of the molecule is CC(CN)c1cc2cc(Br)c(F)cc2o1. The molecule has 2 N–H and O–H groups in total. The van der Waals surface area contributed by atoms with Crippen molar-refractivity contribution in [1.29, 1.82) is 0 Å². The Morgan fingerprint density at radius 3 is 2.87 bits per heavy atom. The van der Waals surface area contributed by atoms with E-state index in [0.29, 0.717) is 16.6 Å². The van der Waals surface area contributed by atoms with Crippen molar-refractivity contribution >= 4 is 26.9 Å². The van der Waals surface area contributed by atoms with Gasteiger partial charge in [0.2, 0.25) is 0 Å². The summed E-state index contributed by atoms with van der Waals surface area (Å²) in [6, 6.07) is 4.99. The molecule has 0 aliphatic carbocycles. The molecule has 1 unspecified atom stereocenters. The zero-order valence-corrected chi connectivity index (χ0v) is 9.84. The first-order valence-electron chi connectivity index (χ1n) is 4.70. The third-order valence-electron chi connectivity index (χ3n) is 2.42. The van der Waals surface area contributed by atoms with Crippen LogP contribution in [-0.4, -0.2) is 6.54 Å². The molecule has 2 aromatic rings. The quantitative estimate of drug-likeness (QED) is 0.910. The smallest absolute Gasteiger partial charge is 0.141 e. The van der Waals surface area contributed by atoms with Gasteiger partial charge in [0, 0.05) is 23.9 Å². The average molecular weight is 272 g/mol.